The third kappa shape index (κ3) is 4.66. The van der Waals surface area contributed by atoms with Gasteiger partial charge in [-0.3, -0.25) is 9.69 Å². The molecule has 0 spiro atoms. The van der Waals surface area contributed by atoms with Gasteiger partial charge >= 0.3 is 0 Å². The van der Waals surface area contributed by atoms with Crippen molar-refractivity contribution in [2.24, 2.45) is 7.05 Å². The number of pyridine rings is 1. The van der Waals surface area contributed by atoms with Crippen LogP contribution in [-0.2, 0) is 28.4 Å². The molecule has 11 nitrogen and oxygen atoms in total. The van der Waals surface area contributed by atoms with Crippen molar-refractivity contribution in [2.45, 2.75) is 6.54 Å². The number of nitrogens with zero attached hydrogens (tertiary/aromatic N) is 6. The first-order valence-electron chi connectivity index (χ1n) is 12.3. The maximum Gasteiger partial charge on any atom is 0.274 e. The molecule has 196 valence electrons. The number of morpholine rings is 1. The normalized spacial score (nSPS) is 18.3. The predicted octanol–water partition coefficient (Wildman–Crippen LogP) is 1.45. The van der Waals surface area contributed by atoms with Crippen LogP contribution < -0.4 is 10.5 Å². The SMILES string of the molecule is Cn1cc(-c2nc(N3CCOCC3)c3sc(CN4CCN(S(C)(=O)=O)CC4)cc3n2)c2cc[nH]c2c1=O. The third-order valence-corrected chi connectivity index (χ3v) is 9.44. The molecule has 2 aliphatic rings. The highest BCUT2D eigenvalue weighted by Gasteiger charge is 2.25. The first-order chi connectivity index (χ1) is 17.8. The summed E-state index contributed by atoms with van der Waals surface area (Å²) in [4.78, 5) is 31.4. The van der Waals surface area contributed by atoms with Gasteiger partial charge in [0, 0.05) is 81.1 Å². The van der Waals surface area contributed by atoms with Crippen LogP contribution in [0.15, 0.2) is 29.3 Å². The number of nitrogens with one attached hydrogen (secondary N) is 1. The van der Waals surface area contributed by atoms with E-state index in [9.17, 15) is 13.2 Å². The molecule has 0 radical (unpaired) electrons. The Balaban J connectivity index is 1.39. The number of piperazine rings is 1. The second-order valence-electron chi connectivity index (χ2n) is 9.56. The Bertz CT molecular complexity index is 1630. The first-order valence-corrected chi connectivity index (χ1v) is 14.9. The van der Waals surface area contributed by atoms with Gasteiger partial charge in [-0.05, 0) is 12.1 Å². The largest absolute Gasteiger partial charge is 0.378 e. The van der Waals surface area contributed by atoms with Crippen molar-refractivity contribution in [1.82, 2.24) is 28.7 Å². The van der Waals surface area contributed by atoms with Gasteiger partial charge in [0.15, 0.2) is 11.6 Å². The number of H-pyrrole nitrogens is 1. The zero-order valence-corrected chi connectivity index (χ0v) is 22.4. The van der Waals surface area contributed by atoms with Gasteiger partial charge in [0.1, 0.15) is 5.52 Å². The average Bonchev–Trinajstić information content (AvgIpc) is 3.53. The van der Waals surface area contributed by atoms with Crippen LogP contribution in [0.1, 0.15) is 4.88 Å². The number of aromatic amines is 1. The molecular formula is C24H29N7O4S2. The van der Waals surface area contributed by atoms with Crippen molar-refractivity contribution in [3.63, 3.8) is 0 Å². The standard InChI is InChI=1S/C24H29N7O4S2/c1-28-15-18(17-3-4-25-20(17)24(28)32)22-26-19-13-16(14-29-5-7-31(8-6-29)37(2,33)34)36-21(19)23(27-22)30-9-11-35-12-10-30/h3-4,13,15,25H,5-12,14H2,1-2H3. The molecule has 0 unspecified atom stereocenters. The Kier molecular flexibility index (Phi) is 6.27. The van der Waals surface area contributed by atoms with Gasteiger partial charge in [-0.15, -0.1) is 11.3 Å². The first kappa shape index (κ1) is 24.5. The van der Waals surface area contributed by atoms with E-state index in [2.05, 4.69) is 20.9 Å². The number of aryl methyl sites for hydroxylation is 1. The van der Waals surface area contributed by atoms with Crippen LogP contribution in [-0.4, -0.2) is 95.9 Å². The maximum atomic E-state index is 12.6. The van der Waals surface area contributed by atoms with Crippen LogP contribution in [0.4, 0.5) is 5.82 Å². The summed E-state index contributed by atoms with van der Waals surface area (Å²) in [5, 5.41) is 0.801. The molecule has 13 heteroatoms. The van der Waals surface area contributed by atoms with Crippen LogP contribution in [0.5, 0.6) is 0 Å². The molecule has 4 aromatic heterocycles. The summed E-state index contributed by atoms with van der Waals surface area (Å²) in [6.45, 7) is 5.92. The highest BCUT2D eigenvalue weighted by molar-refractivity contribution is 7.88. The van der Waals surface area contributed by atoms with Crippen molar-refractivity contribution in [1.29, 1.82) is 0 Å². The summed E-state index contributed by atoms with van der Waals surface area (Å²) in [5.74, 6) is 1.47. The van der Waals surface area contributed by atoms with E-state index in [1.165, 1.54) is 10.6 Å². The lowest BCUT2D eigenvalue weighted by molar-refractivity contribution is 0.122. The monoisotopic (exact) mass is 543 g/mol. The molecule has 0 saturated carbocycles. The van der Waals surface area contributed by atoms with E-state index in [-0.39, 0.29) is 5.56 Å². The number of hydrogen-bond donors (Lipinski definition) is 1. The van der Waals surface area contributed by atoms with Crippen LogP contribution in [0.25, 0.3) is 32.5 Å². The molecule has 0 aromatic carbocycles. The Morgan fingerprint density at radius 2 is 1.86 bits per heavy atom. The fourth-order valence-corrected chi connectivity index (χ4v) is 7.02. The number of sulfonamides is 1. The Hall–Kier alpha value is -2.84. The number of rotatable bonds is 5. The molecule has 0 bridgehead atoms. The van der Waals surface area contributed by atoms with Crippen LogP contribution in [0.3, 0.4) is 0 Å². The van der Waals surface area contributed by atoms with E-state index >= 15 is 0 Å². The van der Waals surface area contributed by atoms with E-state index < -0.39 is 10.0 Å². The Labute approximate surface area is 218 Å². The van der Waals surface area contributed by atoms with E-state index in [0.29, 0.717) is 50.7 Å². The summed E-state index contributed by atoms with van der Waals surface area (Å²) >= 11 is 1.69. The van der Waals surface area contributed by atoms with Gasteiger partial charge in [-0.2, -0.15) is 4.31 Å². The maximum absolute atomic E-state index is 12.6. The molecule has 37 heavy (non-hydrogen) atoms. The minimum atomic E-state index is -3.16. The second kappa shape index (κ2) is 9.48. The van der Waals surface area contributed by atoms with Crippen molar-refractivity contribution in [3.05, 3.63) is 39.8 Å². The number of ether oxygens (including phenoxy) is 1. The smallest absolute Gasteiger partial charge is 0.274 e. The van der Waals surface area contributed by atoms with Gasteiger partial charge in [0.25, 0.3) is 5.56 Å². The van der Waals surface area contributed by atoms with Crippen LogP contribution in [0.2, 0.25) is 0 Å². The lowest BCUT2D eigenvalue weighted by Crippen LogP contribution is -2.47. The minimum Gasteiger partial charge on any atom is -0.378 e. The summed E-state index contributed by atoms with van der Waals surface area (Å²) in [5.41, 5.74) is 2.13. The van der Waals surface area contributed by atoms with Crippen LogP contribution in [0, 0.1) is 0 Å². The lowest BCUT2D eigenvalue weighted by Gasteiger charge is -2.32. The van der Waals surface area contributed by atoms with E-state index in [4.69, 9.17) is 14.7 Å². The minimum absolute atomic E-state index is 0.0907. The van der Waals surface area contributed by atoms with E-state index in [1.54, 1.807) is 35.3 Å². The van der Waals surface area contributed by atoms with Crippen LogP contribution >= 0.6 is 11.3 Å². The highest BCUT2D eigenvalue weighted by atomic mass is 32.2. The summed E-state index contributed by atoms with van der Waals surface area (Å²) in [7, 11) is -1.42. The molecule has 0 aliphatic carbocycles. The Morgan fingerprint density at radius 1 is 1.11 bits per heavy atom. The highest BCUT2D eigenvalue weighted by Crippen LogP contribution is 2.36. The summed E-state index contributed by atoms with van der Waals surface area (Å²) in [6.07, 6.45) is 4.84. The fourth-order valence-electron chi connectivity index (χ4n) is 5.04. The molecule has 1 N–H and O–H groups in total. The quantitative estimate of drug-likeness (QED) is 0.402. The molecule has 0 atom stereocenters. The molecule has 0 amide bonds. The molecular weight excluding hydrogens is 514 g/mol. The molecule has 2 fully saturated rings. The van der Waals surface area contributed by atoms with E-state index in [0.717, 1.165) is 51.5 Å². The van der Waals surface area contributed by atoms with Gasteiger partial charge in [-0.1, -0.05) is 0 Å². The average molecular weight is 544 g/mol. The number of thiophene rings is 1. The number of hydrogen-bond acceptors (Lipinski definition) is 9. The number of fused-ring (bicyclic) bond motifs is 2. The van der Waals surface area contributed by atoms with Gasteiger partial charge < -0.3 is 19.2 Å². The topological polar surface area (TPSA) is 117 Å². The third-order valence-electron chi connectivity index (χ3n) is 7.03. The van der Waals surface area contributed by atoms with Crippen molar-refractivity contribution in [2.75, 3.05) is 63.6 Å². The van der Waals surface area contributed by atoms with Gasteiger partial charge in [-0.25, -0.2) is 18.4 Å². The van der Waals surface area contributed by atoms with E-state index in [1.807, 2.05) is 6.07 Å². The number of aromatic nitrogens is 4. The molecule has 6 rings (SSSR count). The molecule has 6 heterocycles. The summed E-state index contributed by atoms with van der Waals surface area (Å²) in [6, 6.07) is 4.01. The summed E-state index contributed by atoms with van der Waals surface area (Å²) < 4.78 is 33.5. The van der Waals surface area contributed by atoms with Crippen molar-refractivity contribution >= 4 is 48.3 Å². The Morgan fingerprint density at radius 3 is 2.59 bits per heavy atom. The predicted molar refractivity (Wildman–Crippen MR) is 145 cm³/mol. The second-order valence-corrected chi connectivity index (χ2v) is 12.7. The van der Waals surface area contributed by atoms with Crippen molar-refractivity contribution in [3.8, 4) is 11.4 Å². The zero-order chi connectivity index (χ0) is 25.7. The molecule has 2 saturated heterocycles. The molecule has 4 aromatic rings. The van der Waals surface area contributed by atoms with Crippen molar-refractivity contribution < 1.29 is 13.2 Å². The molecule has 2 aliphatic heterocycles. The zero-order valence-electron chi connectivity index (χ0n) is 20.8. The fraction of sp³-hybridized carbons (Fsp3) is 0.458. The number of anilines is 1. The van der Waals surface area contributed by atoms with Gasteiger partial charge in [0.2, 0.25) is 10.0 Å². The van der Waals surface area contributed by atoms with Gasteiger partial charge in [0.05, 0.1) is 29.7 Å². The lowest BCUT2D eigenvalue weighted by atomic mass is 10.1.